The first kappa shape index (κ1) is 16.2. The second kappa shape index (κ2) is 6.11. The van der Waals surface area contributed by atoms with Crippen LogP contribution in [0.15, 0.2) is 48.7 Å². The maximum atomic E-state index is 13.6. The van der Waals surface area contributed by atoms with Gasteiger partial charge in [-0.1, -0.05) is 25.1 Å². The highest BCUT2D eigenvalue weighted by Gasteiger charge is 2.32. The Bertz CT molecular complexity index is 896. The van der Waals surface area contributed by atoms with Crippen LogP contribution in [0.1, 0.15) is 31.9 Å². The first-order valence-electron chi connectivity index (χ1n) is 8.10. The van der Waals surface area contributed by atoms with E-state index in [0.29, 0.717) is 0 Å². The number of rotatable bonds is 4. The second-order valence-corrected chi connectivity index (χ2v) is 6.48. The number of aromatic nitrogens is 1. The van der Waals surface area contributed by atoms with E-state index in [1.54, 1.807) is 12.3 Å². The van der Waals surface area contributed by atoms with Crippen molar-refractivity contribution in [2.75, 3.05) is 5.32 Å². The number of aryl methyl sites for hydroxylation is 1. The maximum absolute atomic E-state index is 13.6. The molecule has 1 amide bonds. The topological polar surface area (TPSA) is 44.9 Å². The van der Waals surface area contributed by atoms with Gasteiger partial charge < -0.3 is 10.3 Å². The van der Waals surface area contributed by atoms with Gasteiger partial charge in [0.1, 0.15) is 5.82 Å². The minimum absolute atomic E-state index is 0.117. The number of fused-ring (bicyclic) bond motifs is 1. The lowest BCUT2D eigenvalue weighted by Crippen LogP contribution is -2.34. The molecule has 1 aromatic heterocycles. The summed E-state index contributed by atoms with van der Waals surface area (Å²) in [5.41, 5.74) is 2.72. The van der Waals surface area contributed by atoms with E-state index >= 15 is 0 Å². The lowest BCUT2D eigenvalue weighted by atomic mass is 9.83. The van der Waals surface area contributed by atoms with Gasteiger partial charge in [-0.25, -0.2) is 4.39 Å². The van der Waals surface area contributed by atoms with Gasteiger partial charge in [0.05, 0.1) is 5.41 Å². The molecule has 0 radical (unpaired) electrons. The van der Waals surface area contributed by atoms with Crippen molar-refractivity contribution < 1.29 is 9.18 Å². The van der Waals surface area contributed by atoms with Crippen LogP contribution in [-0.2, 0) is 16.6 Å². The Morgan fingerprint density at radius 3 is 2.71 bits per heavy atom. The minimum atomic E-state index is -0.799. The fourth-order valence-electron chi connectivity index (χ4n) is 2.96. The van der Waals surface area contributed by atoms with Crippen molar-refractivity contribution in [3.63, 3.8) is 0 Å². The molecular formula is C20H21FN2O. The molecule has 1 heterocycles. The maximum Gasteiger partial charge on any atom is 0.234 e. The number of amides is 1. The summed E-state index contributed by atoms with van der Waals surface area (Å²) >= 11 is 0. The molecule has 0 saturated carbocycles. The molecule has 3 aromatic rings. The van der Waals surface area contributed by atoms with Gasteiger partial charge in [0.25, 0.3) is 0 Å². The van der Waals surface area contributed by atoms with E-state index in [4.69, 9.17) is 0 Å². The number of hydrogen-bond donors (Lipinski definition) is 2. The van der Waals surface area contributed by atoms with Gasteiger partial charge in [-0.05, 0) is 55.7 Å². The van der Waals surface area contributed by atoms with Crippen LogP contribution in [0.3, 0.4) is 0 Å². The number of halogens is 1. The van der Waals surface area contributed by atoms with Crippen LogP contribution >= 0.6 is 0 Å². The summed E-state index contributed by atoms with van der Waals surface area (Å²) in [5.74, 6) is -0.426. The number of para-hydroxylation sites is 1. The van der Waals surface area contributed by atoms with Crippen molar-refractivity contribution >= 4 is 22.5 Å². The molecule has 124 valence electrons. The summed E-state index contributed by atoms with van der Waals surface area (Å²) in [6.45, 7) is 5.76. The number of H-pyrrole nitrogens is 1. The van der Waals surface area contributed by atoms with Crippen LogP contribution < -0.4 is 5.32 Å². The van der Waals surface area contributed by atoms with Gasteiger partial charge in [-0.2, -0.15) is 0 Å². The third-order valence-corrected chi connectivity index (χ3v) is 4.53. The third-order valence-electron chi connectivity index (χ3n) is 4.53. The average Bonchev–Trinajstić information content (AvgIpc) is 2.99. The molecule has 0 fully saturated rings. The number of carbonyl (C=O) groups is 1. The van der Waals surface area contributed by atoms with E-state index in [-0.39, 0.29) is 11.7 Å². The fourth-order valence-corrected chi connectivity index (χ4v) is 2.96. The quantitative estimate of drug-likeness (QED) is 0.712. The van der Waals surface area contributed by atoms with Gasteiger partial charge in [0.2, 0.25) is 5.91 Å². The van der Waals surface area contributed by atoms with Gasteiger partial charge in [0, 0.05) is 22.8 Å². The minimum Gasteiger partial charge on any atom is -0.361 e. The highest BCUT2D eigenvalue weighted by Crippen LogP contribution is 2.32. The Morgan fingerprint density at radius 2 is 1.96 bits per heavy atom. The van der Waals surface area contributed by atoms with Crippen molar-refractivity contribution in [2.24, 2.45) is 0 Å². The van der Waals surface area contributed by atoms with Gasteiger partial charge >= 0.3 is 0 Å². The summed E-state index contributed by atoms with van der Waals surface area (Å²) in [6.07, 6.45) is 2.63. The molecule has 0 spiro atoms. The molecule has 3 rings (SSSR count). The predicted molar refractivity (Wildman–Crippen MR) is 95.7 cm³/mol. The zero-order chi connectivity index (χ0) is 17.3. The molecule has 3 nitrogen and oxygen atoms in total. The van der Waals surface area contributed by atoms with Crippen molar-refractivity contribution in [2.45, 2.75) is 32.6 Å². The summed E-state index contributed by atoms with van der Waals surface area (Å²) < 4.78 is 13.6. The SMILES string of the molecule is CCc1ccccc1NC(=O)C(C)(C)c1c[nH]c2ccc(F)cc12. The number of carbonyl (C=O) groups excluding carboxylic acids is 1. The van der Waals surface area contributed by atoms with E-state index in [0.717, 1.165) is 34.1 Å². The number of nitrogens with one attached hydrogen (secondary N) is 2. The molecule has 0 aliphatic heterocycles. The molecule has 0 bridgehead atoms. The van der Waals surface area contributed by atoms with Crippen LogP contribution in [0.2, 0.25) is 0 Å². The Labute approximate surface area is 140 Å². The van der Waals surface area contributed by atoms with Gasteiger partial charge in [-0.3, -0.25) is 4.79 Å². The third kappa shape index (κ3) is 2.80. The standard InChI is InChI=1S/C20H21FN2O/c1-4-13-7-5-6-8-17(13)23-19(24)20(2,3)16-12-22-18-10-9-14(21)11-15(16)18/h5-12,22H,4H2,1-3H3,(H,23,24). The largest absolute Gasteiger partial charge is 0.361 e. The molecule has 2 N–H and O–H groups in total. The molecule has 2 aromatic carbocycles. The number of hydrogen-bond acceptors (Lipinski definition) is 1. The van der Waals surface area contributed by atoms with E-state index in [1.807, 2.05) is 38.1 Å². The molecule has 0 aliphatic rings. The van der Waals surface area contributed by atoms with E-state index in [1.165, 1.54) is 12.1 Å². The smallest absolute Gasteiger partial charge is 0.234 e. The molecular weight excluding hydrogens is 303 g/mol. The van der Waals surface area contributed by atoms with Crippen LogP contribution in [-0.4, -0.2) is 10.9 Å². The Kier molecular flexibility index (Phi) is 4.14. The van der Waals surface area contributed by atoms with E-state index in [9.17, 15) is 9.18 Å². The van der Waals surface area contributed by atoms with Crippen molar-refractivity contribution in [3.05, 3.63) is 65.6 Å². The molecule has 0 saturated heterocycles. The first-order chi connectivity index (χ1) is 11.4. The second-order valence-electron chi connectivity index (χ2n) is 6.48. The van der Waals surface area contributed by atoms with Crippen molar-refractivity contribution in [1.82, 2.24) is 4.98 Å². The summed E-state index contributed by atoms with van der Waals surface area (Å²) in [7, 11) is 0. The number of anilines is 1. The molecule has 0 aliphatic carbocycles. The predicted octanol–water partition coefficient (Wildman–Crippen LogP) is 4.79. The van der Waals surface area contributed by atoms with E-state index < -0.39 is 5.41 Å². The van der Waals surface area contributed by atoms with Crippen LogP contribution in [0.25, 0.3) is 10.9 Å². The van der Waals surface area contributed by atoms with Crippen molar-refractivity contribution in [1.29, 1.82) is 0 Å². The normalized spacial score (nSPS) is 11.7. The van der Waals surface area contributed by atoms with Crippen molar-refractivity contribution in [3.8, 4) is 0 Å². The van der Waals surface area contributed by atoms with Crippen LogP contribution in [0.5, 0.6) is 0 Å². The first-order valence-corrected chi connectivity index (χ1v) is 8.10. The zero-order valence-electron chi connectivity index (χ0n) is 14.1. The molecule has 24 heavy (non-hydrogen) atoms. The lowest BCUT2D eigenvalue weighted by Gasteiger charge is -2.24. The summed E-state index contributed by atoms with van der Waals surface area (Å²) in [4.78, 5) is 16.0. The number of aromatic amines is 1. The average molecular weight is 324 g/mol. The van der Waals surface area contributed by atoms with Crippen LogP contribution in [0, 0.1) is 5.82 Å². The highest BCUT2D eigenvalue weighted by atomic mass is 19.1. The fraction of sp³-hybridized carbons (Fsp3) is 0.250. The molecule has 0 atom stereocenters. The Balaban J connectivity index is 1.96. The zero-order valence-corrected chi connectivity index (χ0v) is 14.1. The lowest BCUT2D eigenvalue weighted by molar-refractivity contribution is -0.120. The van der Waals surface area contributed by atoms with E-state index in [2.05, 4.69) is 17.2 Å². The summed E-state index contributed by atoms with van der Waals surface area (Å²) in [6, 6.07) is 12.3. The molecule has 4 heteroatoms. The Morgan fingerprint density at radius 1 is 1.21 bits per heavy atom. The monoisotopic (exact) mass is 324 g/mol. The van der Waals surface area contributed by atoms with Gasteiger partial charge in [-0.15, -0.1) is 0 Å². The molecule has 0 unspecified atom stereocenters. The Hall–Kier alpha value is -2.62. The van der Waals surface area contributed by atoms with Crippen LogP contribution in [0.4, 0.5) is 10.1 Å². The number of benzene rings is 2. The highest BCUT2D eigenvalue weighted by molar-refractivity contribution is 6.02. The summed E-state index contributed by atoms with van der Waals surface area (Å²) in [5, 5.41) is 3.76. The van der Waals surface area contributed by atoms with Gasteiger partial charge in [0.15, 0.2) is 0 Å².